The van der Waals surface area contributed by atoms with Gasteiger partial charge in [0.25, 0.3) is 0 Å². The van der Waals surface area contributed by atoms with E-state index in [0.717, 1.165) is 0 Å². The summed E-state index contributed by atoms with van der Waals surface area (Å²) in [6.07, 6.45) is 6.55. The van der Waals surface area contributed by atoms with E-state index in [1.165, 1.54) is 11.1 Å². The minimum Gasteiger partial charge on any atom is -0.265 e. The number of nitrogens with zero attached hydrogens (tertiary/aromatic N) is 4. The summed E-state index contributed by atoms with van der Waals surface area (Å²) >= 11 is 0. The van der Waals surface area contributed by atoms with Crippen LogP contribution in [0.3, 0.4) is 0 Å². The summed E-state index contributed by atoms with van der Waals surface area (Å²) in [5.74, 6) is 0.560. The molecule has 0 bridgehead atoms. The van der Waals surface area contributed by atoms with Gasteiger partial charge in [-0.25, -0.2) is 4.98 Å². The molecule has 0 radical (unpaired) electrons. The van der Waals surface area contributed by atoms with Gasteiger partial charge in [0.15, 0.2) is 12.0 Å². The Hall–Kier alpha value is -1.63. The Balaban J connectivity index is 2.88. The highest BCUT2D eigenvalue weighted by molar-refractivity contribution is 5.38. The average Bonchev–Trinajstić information content (AvgIpc) is 2.05. The Morgan fingerprint density at radius 2 is 2.40 bits per heavy atom. The van der Waals surface area contributed by atoms with Gasteiger partial charge in [0, 0.05) is 19.4 Å². The Bertz CT molecular complexity index is 238. The fourth-order valence-electron chi connectivity index (χ4n) is 0.516. The molecule has 0 fully saturated rings. The van der Waals surface area contributed by atoms with Gasteiger partial charge in [0.05, 0.1) is 6.20 Å². The molecule has 1 rings (SSSR count). The molecule has 0 unspecified atom stereocenters. The topological polar surface area (TPSA) is 52.8 Å². The number of anilines is 1. The second kappa shape index (κ2) is 2.78. The fourth-order valence-corrected chi connectivity index (χ4v) is 0.516. The molecular weight excluding hydrogens is 128 g/mol. The van der Waals surface area contributed by atoms with Crippen LogP contribution in [0.25, 0.3) is 0 Å². The van der Waals surface area contributed by atoms with Crippen molar-refractivity contribution in [3.8, 4) is 6.19 Å². The normalized spacial score (nSPS) is 8.40. The highest BCUT2D eigenvalue weighted by Crippen LogP contribution is 2.01. The summed E-state index contributed by atoms with van der Waals surface area (Å²) in [4.78, 5) is 9.03. The summed E-state index contributed by atoms with van der Waals surface area (Å²) in [5, 5.41) is 8.40. The maximum atomic E-state index is 8.40. The standard InChI is InChI=1S/C6H6N4/c1-10(5-7)6-4-8-2-3-9-6/h2-4H,1H3. The van der Waals surface area contributed by atoms with Crippen LogP contribution in [0.15, 0.2) is 18.6 Å². The van der Waals surface area contributed by atoms with Crippen molar-refractivity contribution < 1.29 is 0 Å². The van der Waals surface area contributed by atoms with Crippen molar-refractivity contribution in [3.05, 3.63) is 18.6 Å². The summed E-state index contributed by atoms with van der Waals surface area (Å²) in [6.45, 7) is 0. The number of rotatable bonds is 1. The van der Waals surface area contributed by atoms with Crippen molar-refractivity contribution in [1.29, 1.82) is 5.26 Å². The summed E-state index contributed by atoms with van der Waals surface area (Å²) in [7, 11) is 1.63. The van der Waals surface area contributed by atoms with Crippen LogP contribution in [-0.4, -0.2) is 17.0 Å². The molecular formula is C6H6N4. The molecule has 1 aromatic heterocycles. The van der Waals surface area contributed by atoms with Crippen molar-refractivity contribution in [2.45, 2.75) is 0 Å². The second-order valence-electron chi connectivity index (χ2n) is 1.72. The Kier molecular flexibility index (Phi) is 1.80. The monoisotopic (exact) mass is 134 g/mol. The van der Waals surface area contributed by atoms with E-state index in [1.54, 1.807) is 19.4 Å². The molecule has 50 valence electrons. The number of hydrogen-bond acceptors (Lipinski definition) is 4. The van der Waals surface area contributed by atoms with Crippen LogP contribution < -0.4 is 4.90 Å². The first-order chi connectivity index (χ1) is 4.84. The quantitative estimate of drug-likeness (QED) is 0.412. The molecule has 0 saturated carbocycles. The van der Waals surface area contributed by atoms with Crippen molar-refractivity contribution in [3.63, 3.8) is 0 Å². The largest absolute Gasteiger partial charge is 0.265 e. The first-order valence-corrected chi connectivity index (χ1v) is 2.74. The van der Waals surface area contributed by atoms with Crippen LogP contribution in [-0.2, 0) is 0 Å². The summed E-state index contributed by atoms with van der Waals surface area (Å²) < 4.78 is 0. The lowest BCUT2D eigenvalue weighted by atomic mass is 10.6. The van der Waals surface area contributed by atoms with Gasteiger partial charge in [-0.1, -0.05) is 0 Å². The third-order valence-electron chi connectivity index (χ3n) is 1.04. The van der Waals surface area contributed by atoms with Crippen molar-refractivity contribution in [2.24, 2.45) is 0 Å². The van der Waals surface area contributed by atoms with E-state index in [2.05, 4.69) is 9.97 Å². The first-order valence-electron chi connectivity index (χ1n) is 2.74. The first kappa shape index (κ1) is 6.49. The van der Waals surface area contributed by atoms with E-state index in [9.17, 15) is 0 Å². The summed E-state index contributed by atoms with van der Waals surface area (Å²) in [5.41, 5.74) is 0. The second-order valence-corrected chi connectivity index (χ2v) is 1.72. The van der Waals surface area contributed by atoms with Crippen LogP contribution in [0.5, 0.6) is 0 Å². The van der Waals surface area contributed by atoms with Crippen LogP contribution in [0.4, 0.5) is 5.82 Å². The van der Waals surface area contributed by atoms with Gasteiger partial charge >= 0.3 is 0 Å². The maximum Gasteiger partial charge on any atom is 0.185 e. The molecule has 0 saturated heterocycles. The van der Waals surface area contributed by atoms with E-state index in [4.69, 9.17) is 5.26 Å². The van der Waals surface area contributed by atoms with Crippen molar-refractivity contribution in [2.75, 3.05) is 11.9 Å². The molecule has 0 amide bonds. The third kappa shape index (κ3) is 1.20. The van der Waals surface area contributed by atoms with Gasteiger partial charge in [-0.3, -0.25) is 9.88 Å². The lowest BCUT2D eigenvalue weighted by Gasteiger charge is -2.03. The van der Waals surface area contributed by atoms with E-state index >= 15 is 0 Å². The van der Waals surface area contributed by atoms with E-state index in [0.29, 0.717) is 5.82 Å². The number of hydrogen-bond donors (Lipinski definition) is 0. The van der Waals surface area contributed by atoms with Gasteiger partial charge < -0.3 is 0 Å². The van der Waals surface area contributed by atoms with Gasteiger partial charge in [0.1, 0.15) is 0 Å². The third-order valence-corrected chi connectivity index (χ3v) is 1.04. The minimum atomic E-state index is 0.560. The molecule has 4 heteroatoms. The Morgan fingerprint density at radius 1 is 1.60 bits per heavy atom. The number of nitriles is 1. The fraction of sp³-hybridized carbons (Fsp3) is 0.167. The predicted molar refractivity (Wildman–Crippen MR) is 36.0 cm³/mol. The molecule has 1 aromatic rings. The minimum absolute atomic E-state index is 0.560. The Labute approximate surface area is 58.8 Å². The smallest absolute Gasteiger partial charge is 0.185 e. The molecule has 0 N–H and O–H groups in total. The van der Waals surface area contributed by atoms with E-state index in [-0.39, 0.29) is 0 Å². The highest BCUT2D eigenvalue weighted by Gasteiger charge is 1.96. The van der Waals surface area contributed by atoms with Crippen molar-refractivity contribution >= 4 is 5.82 Å². The van der Waals surface area contributed by atoms with E-state index in [1.807, 2.05) is 6.19 Å². The SMILES string of the molecule is CN(C#N)c1cnccn1. The molecule has 0 aromatic carbocycles. The molecule has 0 aliphatic rings. The molecule has 10 heavy (non-hydrogen) atoms. The Morgan fingerprint density at radius 3 is 2.90 bits per heavy atom. The van der Waals surface area contributed by atoms with Gasteiger partial charge in [0.2, 0.25) is 0 Å². The zero-order chi connectivity index (χ0) is 7.40. The zero-order valence-corrected chi connectivity index (χ0v) is 5.52. The molecule has 1 heterocycles. The van der Waals surface area contributed by atoms with Gasteiger partial charge in [-0.05, 0) is 0 Å². The van der Waals surface area contributed by atoms with Crippen LogP contribution in [0.1, 0.15) is 0 Å². The molecule has 0 atom stereocenters. The summed E-state index contributed by atoms with van der Waals surface area (Å²) in [6, 6.07) is 0. The molecule has 0 spiro atoms. The maximum absolute atomic E-state index is 8.40. The predicted octanol–water partition coefficient (Wildman–Crippen LogP) is 0.394. The zero-order valence-electron chi connectivity index (χ0n) is 5.52. The van der Waals surface area contributed by atoms with Crippen molar-refractivity contribution in [1.82, 2.24) is 9.97 Å². The van der Waals surface area contributed by atoms with Gasteiger partial charge in [-0.2, -0.15) is 5.26 Å². The van der Waals surface area contributed by atoms with Crippen LogP contribution >= 0.6 is 0 Å². The number of aromatic nitrogens is 2. The molecule has 0 aliphatic heterocycles. The van der Waals surface area contributed by atoms with Crippen LogP contribution in [0, 0.1) is 11.5 Å². The average molecular weight is 134 g/mol. The van der Waals surface area contributed by atoms with Crippen LogP contribution in [0.2, 0.25) is 0 Å². The molecule has 4 nitrogen and oxygen atoms in total. The lowest BCUT2D eigenvalue weighted by molar-refractivity contribution is 1.09. The lowest BCUT2D eigenvalue weighted by Crippen LogP contribution is -2.09. The highest BCUT2D eigenvalue weighted by atomic mass is 15.2. The van der Waals surface area contributed by atoms with E-state index < -0.39 is 0 Å². The van der Waals surface area contributed by atoms with Gasteiger partial charge in [-0.15, -0.1) is 0 Å². The molecule has 0 aliphatic carbocycles.